The third-order valence-corrected chi connectivity index (χ3v) is 13.8. The number of pyridine rings is 1. The van der Waals surface area contributed by atoms with E-state index in [0.29, 0.717) is 39.3 Å². The fourth-order valence-corrected chi connectivity index (χ4v) is 10.1. The van der Waals surface area contributed by atoms with Crippen molar-refractivity contribution < 1.29 is 13.2 Å². The first kappa shape index (κ1) is 44.7. The summed E-state index contributed by atoms with van der Waals surface area (Å²) >= 11 is 0. The Morgan fingerprint density at radius 1 is 0.351 bits per heavy atom. The van der Waals surface area contributed by atoms with E-state index in [0.717, 1.165) is 94.2 Å². The van der Waals surface area contributed by atoms with Crippen LogP contribution in [0, 0.1) is 45.3 Å². The molecule has 0 saturated heterocycles. The summed E-state index contributed by atoms with van der Waals surface area (Å²) in [4.78, 5) is 4.97. The van der Waals surface area contributed by atoms with Crippen molar-refractivity contribution in [2.75, 3.05) is 0 Å². The number of aromatic nitrogens is 3. The minimum absolute atomic E-state index is 0.250. The smallest absolute Gasteiger partial charge is 0.309 e. The van der Waals surface area contributed by atoms with Crippen molar-refractivity contribution in [1.29, 1.82) is 21.0 Å². The van der Waals surface area contributed by atoms with Gasteiger partial charge in [-0.05, 0) is 172 Å². The predicted molar refractivity (Wildman–Crippen MR) is 284 cm³/mol. The second-order valence-corrected chi connectivity index (χ2v) is 18.0. The van der Waals surface area contributed by atoms with Crippen molar-refractivity contribution in [2.45, 2.75) is 6.18 Å². The van der Waals surface area contributed by atoms with E-state index in [-0.39, 0.29) is 5.56 Å². The number of alkyl halides is 3. The fraction of sp³-hybridized carbons (Fsp3) is 0.0156. The van der Waals surface area contributed by atoms with Gasteiger partial charge < -0.3 is 9.13 Å². The maximum atomic E-state index is 15.1. The average molecular weight is 958 g/mol. The molecule has 0 radical (unpaired) electrons. The van der Waals surface area contributed by atoms with Gasteiger partial charge in [0, 0.05) is 33.3 Å². The zero-order valence-electron chi connectivity index (χ0n) is 38.9. The number of hydrogen-bond acceptors (Lipinski definition) is 5. The number of nitriles is 4. The first-order chi connectivity index (χ1) is 36.1. The van der Waals surface area contributed by atoms with Crippen molar-refractivity contribution in [3.05, 3.63) is 234 Å². The monoisotopic (exact) mass is 957 g/mol. The number of benzene rings is 9. The molecule has 0 bridgehead atoms. The molecule has 3 heterocycles. The maximum Gasteiger partial charge on any atom is 0.416 e. The quantitative estimate of drug-likeness (QED) is 0.158. The number of fused-ring (bicyclic) bond motifs is 6. The molecule has 0 aliphatic carbocycles. The van der Waals surface area contributed by atoms with Crippen LogP contribution >= 0.6 is 0 Å². The van der Waals surface area contributed by atoms with Gasteiger partial charge in [0.15, 0.2) is 0 Å². The van der Waals surface area contributed by atoms with Crippen LogP contribution in [0.5, 0.6) is 0 Å². The van der Waals surface area contributed by atoms with E-state index < -0.39 is 11.7 Å². The lowest BCUT2D eigenvalue weighted by Gasteiger charge is -2.19. The van der Waals surface area contributed by atoms with E-state index >= 15 is 13.2 Å². The standard InChI is InChI=1S/C64H34F3N7/c65-64(66,67)51-23-28-61(73-57-24-19-47(43-11-3-39(35-68)4-12-43)30-52(57)53-31-48(20-25-58(53)73)44-13-5-40(36-69)6-14-44)56(34-51)63-62(2-1-29-72-63)74-59-26-21-49(45-15-7-41(37-70)8-16-45)32-54(59)55-33-50(22-27-60(55)74)46-17-9-42(38-71)10-18-46/h1-34H. The Morgan fingerprint density at radius 3 is 1.00 bits per heavy atom. The molecule has 346 valence electrons. The molecule has 9 aromatic carbocycles. The zero-order valence-corrected chi connectivity index (χ0v) is 38.9. The summed E-state index contributed by atoms with van der Waals surface area (Å²) in [5, 5.41) is 41.6. The molecule has 0 fully saturated rings. The van der Waals surface area contributed by atoms with Crippen molar-refractivity contribution in [2.24, 2.45) is 0 Å². The Hall–Kier alpha value is -10.5. The van der Waals surface area contributed by atoms with Gasteiger partial charge in [-0.1, -0.05) is 72.8 Å². The fourth-order valence-electron chi connectivity index (χ4n) is 10.1. The first-order valence-corrected chi connectivity index (χ1v) is 23.5. The molecule has 0 aliphatic heterocycles. The highest BCUT2D eigenvalue weighted by atomic mass is 19.4. The highest BCUT2D eigenvalue weighted by Crippen LogP contribution is 2.45. The predicted octanol–water partition coefficient (Wildman–Crippen LogP) is 16.1. The molecule has 0 atom stereocenters. The van der Waals surface area contributed by atoms with Crippen LogP contribution in [0.4, 0.5) is 13.2 Å². The van der Waals surface area contributed by atoms with Crippen LogP contribution in [-0.2, 0) is 6.18 Å². The third kappa shape index (κ3) is 7.65. The van der Waals surface area contributed by atoms with Gasteiger partial charge in [-0.15, -0.1) is 0 Å². The van der Waals surface area contributed by atoms with Crippen LogP contribution in [0.1, 0.15) is 27.8 Å². The molecule has 0 saturated carbocycles. The molecular formula is C64H34F3N7. The summed E-state index contributed by atoms with van der Waals surface area (Å²) in [6, 6.07) is 69.9. The Labute approximate surface area is 422 Å². The highest BCUT2D eigenvalue weighted by molar-refractivity contribution is 6.14. The summed E-state index contributed by atoms with van der Waals surface area (Å²) in [6.07, 6.45) is -3.09. The molecule has 12 rings (SSSR count). The largest absolute Gasteiger partial charge is 0.416 e. The summed E-state index contributed by atoms with van der Waals surface area (Å²) < 4.78 is 49.4. The molecule has 3 aromatic heterocycles. The van der Waals surface area contributed by atoms with Gasteiger partial charge >= 0.3 is 6.18 Å². The van der Waals surface area contributed by atoms with Crippen LogP contribution in [0.3, 0.4) is 0 Å². The number of nitrogens with zero attached hydrogens (tertiary/aromatic N) is 7. The van der Waals surface area contributed by atoms with Gasteiger partial charge in [-0.3, -0.25) is 4.98 Å². The molecule has 0 N–H and O–H groups in total. The zero-order chi connectivity index (χ0) is 50.7. The third-order valence-electron chi connectivity index (χ3n) is 13.8. The van der Waals surface area contributed by atoms with E-state index in [1.807, 2.05) is 108 Å². The van der Waals surface area contributed by atoms with Gasteiger partial charge in [-0.2, -0.15) is 34.2 Å². The van der Waals surface area contributed by atoms with Crippen molar-refractivity contribution in [1.82, 2.24) is 14.1 Å². The number of halogens is 3. The lowest BCUT2D eigenvalue weighted by Crippen LogP contribution is -2.08. The van der Waals surface area contributed by atoms with Crippen molar-refractivity contribution in [3.8, 4) is 91.4 Å². The highest BCUT2D eigenvalue weighted by Gasteiger charge is 2.33. The van der Waals surface area contributed by atoms with Crippen LogP contribution in [0.15, 0.2) is 206 Å². The Morgan fingerprint density at radius 2 is 0.676 bits per heavy atom. The van der Waals surface area contributed by atoms with Crippen LogP contribution < -0.4 is 0 Å². The molecule has 7 nitrogen and oxygen atoms in total. The topological polar surface area (TPSA) is 118 Å². The van der Waals surface area contributed by atoms with E-state index in [2.05, 4.69) is 53.1 Å². The van der Waals surface area contributed by atoms with Gasteiger partial charge in [0.2, 0.25) is 0 Å². The van der Waals surface area contributed by atoms with Crippen molar-refractivity contribution >= 4 is 43.6 Å². The Kier molecular flexibility index (Phi) is 10.7. The lowest BCUT2D eigenvalue weighted by molar-refractivity contribution is -0.137. The van der Waals surface area contributed by atoms with E-state index in [1.165, 1.54) is 12.1 Å². The Balaban J connectivity index is 1.11. The second-order valence-electron chi connectivity index (χ2n) is 18.0. The molecule has 0 spiro atoms. The summed E-state index contributed by atoms with van der Waals surface area (Å²) in [7, 11) is 0. The summed E-state index contributed by atoms with van der Waals surface area (Å²) in [5.74, 6) is 0. The molecule has 74 heavy (non-hydrogen) atoms. The minimum Gasteiger partial charge on any atom is -0.309 e. The normalized spacial score (nSPS) is 11.4. The first-order valence-electron chi connectivity index (χ1n) is 23.5. The van der Waals surface area contributed by atoms with E-state index in [4.69, 9.17) is 4.98 Å². The summed E-state index contributed by atoms with van der Waals surface area (Å²) in [5.41, 5.74) is 13.2. The lowest BCUT2D eigenvalue weighted by atomic mass is 9.99. The van der Waals surface area contributed by atoms with Crippen LogP contribution in [0.2, 0.25) is 0 Å². The maximum absolute atomic E-state index is 15.1. The molecular weight excluding hydrogens is 924 g/mol. The van der Waals surface area contributed by atoms with E-state index in [9.17, 15) is 21.0 Å². The van der Waals surface area contributed by atoms with Crippen LogP contribution in [-0.4, -0.2) is 14.1 Å². The molecule has 0 amide bonds. The van der Waals surface area contributed by atoms with Gasteiger partial charge in [0.05, 0.1) is 91.2 Å². The Bertz CT molecular complexity index is 4190. The minimum atomic E-state index is -4.69. The summed E-state index contributed by atoms with van der Waals surface area (Å²) in [6.45, 7) is 0. The van der Waals surface area contributed by atoms with Crippen LogP contribution in [0.25, 0.3) is 111 Å². The van der Waals surface area contributed by atoms with E-state index in [1.54, 1.807) is 60.8 Å². The number of rotatable bonds is 7. The van der Waals surface area contributed by atoms with Crippen molar-refractivity contribution in [3.63, 3.8) is 0 Å². The van der Waals surface area contributed by atoms with Gasteiger partial charge in [0.1, 0.15) is 0 Å². The number of hydrogen-bond donors (Lipinski definition) is 0. The molecule has 0 unspecified atom stereocenters. The molecule has 0 aliphatic rings. The second kappa shape index (κ2) is 17.7. The average Bonchev–Trinajstić information content (AvgIpc) is 3.97. The molecule has 10 heteroatoms. The SMILES string of the molecule is N#Cc1ccc(-c2ccc3c(c2)c2cc(-c4ccc(C#N)cc4)ccc2n3-c2ccc(C(F)(F)F)cc2-c2ncccc2-n2c3ccc(-c4ccc(C#N)cc4)cc3c3cc(-c4ccc(C#N)cc4)ccc32)cc1. The molecule has 12 aromatic rings. The van der Waals surface area contributed by atoms with Gasteiger partial charge in [-0.25, -0.2) is 0 Å². The van der Waals surface area contributed by atoms with Gasteiger partial charge in [0.25, 0.3) is 0 Å².